The molecule has 0 fully saturated rings. The molecule has 110 valence electrons. The average molecular weight is 397 g/mol. The number of halogens is 2. The number of para-hydroxylation sites is 1. The molecule has 0 spiro atoms. The highest BCUT2D eigenvalue weighted by Gasteiger charge is 2.33. The van der Waals surface area contributed by atoms with Gasteiger partial charge < -0.3 is 10.1 Å². The summed E-state index contributed by atoms with van der Waals surface area (Å²) in [5.41, 5.74) is 1.88. The molecule has 1 atom stereocenters. The lowest BCUT2D eigenvalue weighted by atomic mass is 9.89. The lowest BCUT2D eigenvalue weighted by molar-refractivity contribution is 0.0759. The average Bonchev–Trinajstić information content (AvgIpc) is 2.40. The van der Waals surface area contributed by atoms with E-state index >= 15 is 0 Å². The molecule has 2 aromatic rings. The van der Waals surface area contributed by atoms with Crippen molar-refractivity contribution in [2.75, 3.05) is 5.32 Å². The van der Waals surface area contributed by atoms with E-state index in [0.717, 1.165) is 27.0 Å². The number of fused-ring (bicyclic) bond motifs is 1. The molecular weight excluding hydrogens is 380 g/mol. The Morgan fingerprint density at radius 1 is 1.24 bits per heavy atom. The van der Waals surface area contributed by atoms with Gasteiger partial charge in [0.15, 0.2) is 0 Å². The Bertz CT molecular complexity index is 672. The van der Waals surface area contributed by atoms with E-state index in [0.29, 0.717) is 0 Å². The predicted molar refractivity (Wildman–Crippen MR) is 91.2 cm³/mol. The van der Waals surface area contributed by atoms with Crippen LogP contribution in [0.2, 0.25) is 0 Å². The van der Waals surface area contributed by atoms with Crippen LogP contribution in [0.15, 0.2) is 42.5 Å². The highest BCUT2D eigenvalue weighted by atomic mass is 127. The molecule has 2 nitrogen and oxygen atoms in total. The first-order valence-electron chi connectivity index (χ1n) is 6.94. The van der Waals surface area contributed by atoms with Gasteiger partial charge in [-0.1, -0.05) is 18.2 Å². The van der Waals surface area contributed by atoms with Crippen molar-refractivity contribution in [1.82, 2.24) is 0 Å². The molecule has 0 aromatic heterocycles. The standard InChI is InChI=1S/C17H17FINO/c1-17(2)10-15(12-5-3-4-6-16(12)21-17)20-14-8-7-11(18)9-13(14)19/h3-9,15,20H,10H2,1-2H3. The fourth-order valence-electron chi connectivity index (χ4n) is 2.73. The Morgan fingerprint density at radius 3 is 2.76 bits per heavy atom. The van der Waals surface area contributed by atoms with E-state index in [9.17, 15) is 4.39 Å². The van der Waals surface area contributed by atoms with Crippen LogP contribution < -0.4 is 10.1 Å². The van der Waals surface area contributed by atoms with E-state index in [2.05, 4.69) is 47.8 Å². The van der Waals surface area contributed by atoms with E-state index in [1.54, 1.807) is 12.1 Å². The number of nitrogens with one attached hydrogen (secondary N) is 1. The van der Waals surface area contributed by atoms with Gasteiger partial charge in [0.2, 0.25) is 0 Å². The zero-order chi connectivity index (χ0) is 15.0. The zero-order valence-electron chi connectivity index (χ0n) is 12.0. The first-order valence-corrected chi connectivity index (χ1v) is 8.02. The summed E-state index contributed by atoms with van der Waals surface area (Å²) in [5, 5.41) is 3.53. The van der Waals surface area contributed by atoms with E-state index in [4.69, 9.17) is 4.74 Å². The molecule has 0 amide bonds. The molecule has 1 aliphatic heterocycles. The Hall–Kier alpha value is -1.30. The van der Waals surface area contributed by atoms with Crippen LogP contribution in [-0.4, -0.2) is 5.60 Å². The van der Waals surface area contributed by atoms with Gasteiger partial charge in [-0.3, -0.25) is 0 Å². The highest BCUT2D eigenvalue weighted by molar-refractivity contribution is 14.1. The SMILES string of the molecule is CC1(C)CC(Nc2ccc(F)cc2I)c2ccccc2O1. The molecule has 1 N–H and O–H groups in total. The van der Waals surface area contributed by atoms with Crippen LogP contribution in [0.25, 0.3) is 0 Å². The Balaban J connectivity index is 1.94. The smallest absolute Gasteiger partial charge is 0.125 e. The molecule has 0 bridgehead atoms. The number of rotatable bonds is 2. The third-order valence-corrected chi connectivity index (χ3v) is 4.53. The minimum Gasteiger partial charge on any atom is -0.487 e. The molecule has 1 unspecified atom stereocenters. The van der Waals surface area contributed by atoms with Crippen molar-refractivity contribution in [3.8, 4) is 5.75 Å². The van der Waals surface area contributed by atoms with E-state index < -0.39 is 0 Å². The van der Waals surface area contributed by atoms with Crippen LogP contribution >= 0.6 is 22.6 Å². The Labute approximate surface area is 137 Å². The number of ether oxygens (including phenoxy) is 1. The van der Waals surface area contributed by atoms with E-state index in [1.165, 1.54) is 6.07 Å². The van der Waals surface area contributed by atoms with Crippen LogP contribution in [0.1, 0.15) is 31.9 Å². The quantitative estimate of drug-likeness (QED) is 0.709. The summed E-state index contributed by atoms with van der Waals surface area (Å²) < 4.78 is 20.2. The highest BCUT2D eigenvalue weighted by Crippen LogP contribution is 2.41. The second-order valence-corrected chi connectivity index (χ2v) is 7.09. The Kier molecular flexibility index (Phi) is 3.82. The van der Waals surface area contributed by atoms with Crippen molar-refractivity contribution in [3.05, 3.63) is 57.4 Å². The topological polar surface area (TPSA) is 21.3 Å². The molecule has 0 saturated carbocycles. The monoisotopic (exact) mass is 397 g/mol. The minimum atomic E-state index is -0.225. The summed E-state index contributed by atoms with van der Waals surface area (Å²) in [7, 11) is 0. The predicted octanol–water partition coefficient (Wildman–Crippen LogP) is 5.14. The fourth-order valence-corrected chi connectivity index (χ4v) is 3.36. The summed E-state index contributed by atoms with van der Waals surface area (Å²) in [4.78, 5) is 0. The van der Waals surface area contributed by atoms with Gasteiger partial charge in [0.1, 0.15) is 17.2 Å². The molecule has 0 radical (unpaired) electrons. The van der Waals surface area contributed by atoms with Gasteiger partial charge >= 0.3 is 0 Å². The molecule has 1 aliphatic rings. The summed E-state index contributed by atoms with van der Waals surface area (Å²) in [6.07, 6.45) is 0.859. The van der Waals surface area contributed by atoms with Gasteiger partial charge in [0.25, 0.3) is 0 Å². The second kappa shape index (κ2) is 5.48. The number of benzene rings is 2. The number of anilines is 1. The third-order valence-electron chi connectivity index (χ3n) is 3.64. The Morgan fingerprint density at radius 2 is 2.00 bits per heavy atom. The van der Waals surface area contributed by atoms with Crippen LogP contribution in [0.5, 0.6) is 5.75 Å². The van der Waals surface area contributed by atoms with Crippen molar-refractivity contribution in [1.29, 1.82) is 0 Å². The normalized spacial score (nSPS) is 19.5. The summed E-state index contributed by atoms with van der Waals surface area (Å²) in [5.74, 6) is 0.709. The number of hydrogen-bond donors (Lipinski definition) is 1. The van der Waals surface area contributed by atoms with Gasteiger partial charge in [0.05, 0.1) is 6.04 Å². The summed E-state index contributed by atoms with van der Waals surface area (Å²) in [6, 6.07) is 13.1. The van der Waals surface area contributed by atoms with Crippen LogP contribution in [0.4, 0.5) is 10.1 Å². The van der Waals surface area contributed by atoms with Gasteiger partial charge in [0, 0.05) is 21.2 Å². The van der Waals surface area contributed by atoms with Gasteiger partial charge in [-0.05, 0) is 60.7 Å². The van der Waals surface area contributed by atoms with E-state index in [1.807, 2.05) is 18.2 Å². The zero-order valence-corrected chi connectivity index (χ0v) is 14.1. The van der Waals surface area contributed by atoms with E-state index in [-0.39, 0.29) is 17.5 Å². The minimum absolute atomic E-state index is 0.156. The maximum absolute atomic E-state index is 13.2. The maximum Gasteiger partial charge on any atom is 0.125 e. The molecule has 3 rings (SSSR count). The van der Waals surface area contributed by atoms with Gasteiger partial charge in [-0.25, -0.2) is 4.39 Å². The summed E-state index contributed by atoms with van der Waals surface area (Å²) in [6.45, 7) is 4.18. The lowest BCUT2D eigenvalue weighted by Crippen LogP contribution is -2.37. The van der Waals surface area contributed by atoms with Crippen LogP contribution in [-0.2, 0) is 0 Å². The largest absolute Gasteiger partial charge is 0.487 e. The molecule has 0 aliphatic carbocycles. The van der Waals surface area contributed by atoms with Crippen molar-refractivity contribution in [2.45, 2.75) is 31.9 Å². The first-order chi connectivity index (χ1) is 9.94. The maximum atomic E-state index is 13.2. The second-order valence-electron chi connectivity index (χ2n) is 5.92. The van der Waals surface area contributed by atoms with Crippen molar-refractivity contribution in [3.63, 3.8) is 0 Å². The third kappa shape index (κ3) is 3.15. The molecule has 2 aromatic carbocycles. The summed E-state index contributed by atoms with van der Waals surface area (Å²) >= 11 is 2.16. The molecule has 0 saturated heterocycles. The van der Waals surface area contributed by atoms with Crippen molar-refractivity contribution >= 4 is 28.3 Å². The first kappa shape index (κ1) is 14.6. The fraction of sp³-hybridized carbons (Fsp3) is 0.294. The molecule has 21 heavy (non-hydrogen) atoms. The van der Waals surface area contributed by atoms with Crippen LogP contribution in [0, 0.1) is 9.39 Å². The molecular formula is C17H17FINO. The van der Waals surface area contributed by atoms with Crippen molar-refractivity contribution < 1.29 is 9.13 Å². The molecule has 1 heterocycles. The van der Waals surface area contributed by atoms with Gasteiger partial charge in [-0.2, -0.15) is 0 Å². The van der Waals surface area contributed by atoms with Gasteiger partial charge in [-0.15, -0.1) is 0 Å². The molecule has 4 heteroatoms. The van der Waals surface area contributed by atoms with Crippen molar-refractivity contribution in [2.24, 2.45) is 0 Å². The number of hydrogen-bond acceptors (Lipinski definition) is 2. The van der Waals surface area contributed by atoms with Crippen LogP contribution in [0.3, 0.4) is 0 Å². The lowest BCUT2D eigenvalue weighted by Gasteiger charge is -2.38.